The summed E-state index contributed by atoms with van der Waals surface area (Å²) in [4.78, 5) is 12.4. The SMILES string of the molecule is CCCCCCCCCCCC(=O)C(C)[N+](C)(CC)CCN. The summed E-state index contributed by atoms with van der Waals surface area (Å²) in [6.07, 6.45) is 12.5. The number of ketones is 1. The van der Waals surface area contributed by atoms with Crippen molar-refractivity contribution in [2.75, 3.05) is 26.7 Å². The Morgan fingerprint density at radius 3 is 1.91 bits per heavy atom. The lowest BCUT2D eigenvalue weighted by Gasteiger charge is -2.38. The van der Waals surface area contributed by atoms with Gasteiger partial charge in [0.2, 0.25) is 0 Å². The van der Waals surface area contributed by atoms with E-state index in [0.29, 0.717) is 12.3 Å². The summed E-state index contributed by atoms with van der Waals surface area (Å²) in [5.41, 5.74) is 5.70. The molecule has 2 atom stereocenters. The van der Waals surface area contributed by atoms with Crippen LogP contribution < -0.4 is 5.73 Å². The summed E-state index contributed by atoms with van der Waals surface area (Å²) < 4.78 is 0.784. The molecule has 0 saturated heterocycles. The summed E-state index contributed by atoms with van der Waals surface area (Å²) in [6, 6.07) is 0.0857. The summed E-state index contributed by atoms with van der Waals surface area (Å²) in [5, 5.41) is 0. The highest BCUT2D eigenvalue weighted by Gasteiger charge is 2.31. The smallest absolute Gasteiger partial charge is 0.189 e. The van der Waals surface area contributed by atoms with Crippen LogP contribution in [0.2, 0.25) is 0 Å². The Bertz CT molecular complexity index is 281. The molecule has 0 aliphatic carbocycles. The van der Waals surface area contributed by atoms with E-state index in [9.17, 15) is 4.79 Å². The molecule has 0 amide bonds. The third-order valence-corrected chi connectivity index (χ3v) is 5.29. The lowest BCUT2D eigenvalue weighted by atomic mass is 10.0. The van der Waals surface area contributed by atoms with Gasteiger partial charge >= 0.3 is 0 Å². The van der Waals surface area contributed by atoms with E-state index in [1.54, 1.807) is 0 Å². The van der Waals surface area contributed by atoms with Crippen LogP contribution in [-0.2, 0) is 4.79 Å². The molecule has 0 aromatic heterocycles. The predicted molar refractivity (Wildman–Crippen MR) is 97.0 cm³/mol. The van der Waals surface area contributed by atoms with E-state index in [1.807, 2.05) is 0 Å². The Kier molecular flexibility index (Phi) is 12.8. The van der Waals surface area contributed by atoms with Gasteiger partial charge in [-0.05, 0) is 20.3 Å². The van der Waals surface area contributed by atoms with Gasteiger partial charge in [-0.1, -0.05) is 58.3 Å². The van der Waals surface area contributed by atoms with Crippen LogP contribution in [0, 0.1) is 0 Å². The van der Waals surface area contributed by atoms with Crippen molar-refractivity contribution in [2.24, 2.45) is 5.73 Å². The Balaban J connectivity index is 3.76. The van der Waals surface area contributed by atoms with E-state index in [0.717, 1.165) is 30.4 Å². The van der Waals surface area contributed by atoms with Gasteiger partial charge in [-0.15, -0.1) is 0 Å². The molecule has 0 radical (unpaired) electrons. The fourth-order valence-corrected chi connectivity index (χ4v) is 3.09. The third kappa shape index (κ3) is 8.89. The zero-order valence-electron chi connectivity index (χ0n) is 15.7. The highest BCUT2D eigenvalue weighted by molar-refractivity contribution is 5.82. The molecular weight excluding hydrogens is 272 g/mol. The molecule has 22 heavy (non-hydrogen) atoms. The average Bonchev–Trinajstić information content (AvgIpc) is 2.52. The van der Waals surface area contributed by atoms with Crippen molar-refractivity contribution in [3.05, 3.63) is 0 Å². The van der Waals surface area contributed by atoms with Crippen LogP contribution >= 0.6 is 0 Å². The molecule has 0 fully saturated rings. The number of nitrogens with two attached hydrogens (primary N) is 1. The second kappa shape index (κ2) is 13.1. The van der Waals surface area contributed by atoms with Crippen molar-refractivity contribution in [2.45, 2.75) is 91.0 Å². The number of quaternary nitrogens is 1. The molecule has 0 aromatic carbocycles. The minimum absolute atomic E-state index is 0.0857. The lowest BCUT2D eigenvalue weighted by molar-refractivity contribution is -0.919. The molecule has 2 unspecified atom stereocenters. The number of hydrogen-bond acceptors (Lipinski definition) is 2. The molecule has 0 aromatic rings. The number of nitrogens with zero attached hydrogens (tertiary/aromatic N) is 1. The van der Waals surface area contributed by atoms with Gasteiger partial charge in [0.1, 0.15) is 6.04 Å². The first-order valence-electron chi connectivity index (χ1n) is 9.58. The third-order valence-electron chi connectivity index (χ3n) is 5.29. The Hall–Kier alpha value is -0.410. The maximum absolute atomic E-state index is 12.4. The number of unbranched alkanes of at least 4 members (excludes halogenated alkanes) is 8. The van der Waals surface area contributed by atoms with Gasteiger partial charge in [0, 0.05) is 13.0 Å². The van der Waals surface area contributed by atoms with E-state index in [-0.39, 0.29) is 6.04 Å². The molecule has 0 aliphatic heterocycles. The number of hydrogen-bond donors (Lipinski definition) is 1. The number of rotatable bonds is 15. The minimum Gasteiger partial charge on any atom is -0.326 e. The fourth-order valence-electron chi connectivity index (χ4n) is 3.09. The summed E-state index contributed by atoms with van der Waals surface area (Å²) in [6.45, 7) is 9.00. The van der Waals surface area contributed by atoms with Gasteiger partial charge in [-0.25, -0.2) is 0 Å². The van der Waals surface area contributed by atoms with Crippen LogP contribution in [-0.4, -0.2) is 43.0 Å². The van der Waals surface area contributed by atoms with E-state index in [1.165, 1.54) is 51.4 Å². The van der Waals surface area contributed by atoms with Crippen molar-refractivity contribution in [3.8, 4) is 0 Å². The second-order valence-corrected chi connectivity index (χ2v) is 7.03. The van der Waals surface area contributed by atoms with Crippen molar-refractivity contribution < 1.29 is 9.28 Å². The van der Waals surface area contributed by atoms with Crippen molar-refractivity contribution in [1.82, 2.24) is 0 Å². The first-order valence-corrected chi connectivity index (χ1v) is 9.58. The maximum Gasteiger partial charge on any atom is 0.189 e. The second-order valence-electron chi connectivity index (χ2n) is 7.03. The Morgan fingerprint density at radius 1 is 0.955 bits per heavy atom. The highest BCUT2D eigenvalue weighted by Crippen LogP contribution is 2.15. The number of likely N-dealkylation sites (N-methyl/N-ethyl adjacent to an activating group) is 1. The standard InChI is InChI=1S/C19H41N2O/c1-5-7-8-9-10-11-12-13-14-15-19(22)18(3)21(4,6-2)17-16-20/h18H,5-17,20H2,1-4H3/q+1. The van der Waals surface area contributed by atoms with Crippen LogP contribution in [0.25, 0.3) is 0 Å². The van der Waals surface area contributed by atoms with Crippen molar-refractivity contribution >= 4 is 5.78 Å². The van der Waals surface area contributed by atoms with Crippen LogP contribution in [0.4, 0.5) is 0 Å². The highest BCUT2D eigenvalue weighted by atomic mass is 16.1. The first kappa shape index (κ1) is 21.6. The molecule has 0 spiro atoms. The van der Waals surface area contributed by atoms with Gasteiger partial charge in [0.25, 0.3) is 0 Å². The Labute approximate surface area is 139 Å². The van der Waals surface area contributed by atoms with Gasteiger partial charge < -0.3 is 10.2 Å². The van der Waals surface area contributed by atoms with E-state index >= 15 is 0 Å². The van der Waals surface area contributed by atoms with Crippen LogP contribution in [0.1, 0.15) is 85.0 Å². The summed E-state index contributed by atoms with van der Waals surface area (Å²) >= 11 is 0. The minimum atomic E-state index is 0.0857. The van der Waals surface area contributed by atoms with E-state index < -0.39 is 0 Å². The molecule has 0 aliphatic rings. The molecule has 0 rings (SSSR count). The largest absolute Gasteiger partial charge is 0.326 e. The molecule has 0 heterocycles. The van der Waals surface area contributed by atoms with Crippen molar-refractivity contribution in [1.29, 1.82) is 0 Å². The summed E-state index contributed by atoms with van der Waals surface area (Å²) in [7, 11) is 2.16. The monoisotopic (exact) mass is 313 g/mol. The lowest BCUT2D eigenvalue weighted by Crippen LogP contribution is -2.56. The van der Waals surface area contributed by atoms with Gasteiger partial charge in [-0.3, -0.25) is 4.79 Å². The Morgan fingerprint density at radius 2 is 1.45 bits per heavy atom. The van der Waals surface area contributed by atoms with Crippen LogP contribution in [0.5, 0.6) is 0 Å². The topological polar surface area (TPSA) is 43.1 Å². The van der Waals surface area contributed by atoms with Gasteiger partial charge in [0.05, 0.1) is 20.1 Å². The molecule has 0 bridgehead atoms. The van der Waals surface area contributed by atoms with E-state index in [2.05, 4.69) is 27.8 Å². The van der Waals surface area contributed by atoms with Crippen LogP contribution in [0.3, 0.4) is 0 Å². The summed E-state index contributed by atoms with van der Waals surface area (Å²) in [5.74, 6) is 0.417. The van der Waals surface area contributed by atoms with Crippen LogP contribution in [0.15, 0.2) is 0 Å². The van der Waals surface area contributed by atoms with Crippen molar-refractivity contribution in [3.63, 3.8) is 0 Å². The normalized spacial score (nSPS) is 15.5. The zero-order valence-corrected chi connectivity index (χ0v) is 15.7. The fraction of sp³-hybridized carbons (Fsp3) is 0.947. The maximum atomic E-state index is 12.4. The molecule has 3 heteroatoms. The number of carbonyl (C=O) groups excluding carboxylic acids is 1. The zero-order chi connectivity index (χ0) is 16.8. The van der Waals surface area contributed by atoms with Gasteiger partial charge in [0.15, 0.2) is 5.78 Å². The van der Waals surface area contributed by atoms with Gasteiger partial charge in [-0.2, -0.15) is 0 Å². The molecule has 0 saturated carbocycles. The average molecular weight is 314 g/mol. The quantitative estimate of drug-likeness (QED) is 0.362. The molecule has 132 valence electrons. The number of Topliss-reactive ketones (excluding diaryl/α,β-unsaturated/α-hetero) is 1. The predicted octanol–water partition coefficient (Wildman–Crippen LogP) is 4.29. The molecule has 3 nitrogen and oxygen atoms in total. The molecule has 2 N–H and O–H groups in total. The first-order chi connectivity index (χ1) is 10.5. The molecular formula is C19H41N2O+. The number of carbonyl (C=O) groups is 1. The van der Waals surface area contributed by atoms with E-state index in [4.69, 9.17) is 5.73 Å².